The van der Waals surface area contributed by atoms with Crippen LogP contribution in [0, 0.1) is 22.7 Å². The zero-order valence-electron chi connectivity index (χ0n) is 17.2. The van der Waals surface area contributed by atoms with Gasteiger partial charge in [0.05, 0.1) is 6.54 Å². The smallest absolute Gasteiger partial charge is 0.261 e. The maximum absolute atomic E-state index is 13.3. The van der Waals surface area contributed by atoms with Crippen molar-refractivity contribution in [3.8, 4) is 12.1 Å². The summed E-state index contributed by atoms with van der Waals surface area (Å²) in [5, 5.41) is 22.0. The van der Waals surface area contributed by atoms with Gasteiger partial charge in [-0.3, -0.25) is 4.90 Å². The van der Waals surface area contributed by atoms with E-state index in [9.17, 15) is 19.3 Å². The Balaban J connectivity index is 1.49. The Morgan fingerprint density at radius 2 is 1.69 bits per heavy atom. The maximum Gasteiger partial charge on any atom is 0.261 e. The van der Waals surface area contributed by atoms with Gasteiger partial charge in [-0.1, -0.05) is 6.42 Å². The van der Waals surface area contributed by atoms with E-state index < -0.39 is 5.92 Å². The highest BCUT2D eigenvalue weighted by molar-refractivity contribution is 5.39. The van der Waals surface area contributed by atoms with E-state index in [4.69, 9.17) is 0 Å². The lowest BCUT2D eigenvalue weighted by Gasteiger charge is -2.41. The number of nitrogens with one attached hydrogen (secondary N) is 1. The van der Waals surface area contributed by atoms with E-state index in [1.165, 1.54) is 32.4 Å². The molecule has 0 aromatic carbocycles. The van der Waals surface area contributed by atoms with E-state index in [1.54, 1.807) is 4.90 Å². The first-order chi connectivity index (χ1) is 14.0. The highest BCUT2D eigenvalue weighted by Gasteiger charge is 2.37. The van der Waals surface area contributed by atoms with Crippen molar-refractivity contribution < 1.29 is 8.78 Å². The minimum absolute atomic E-state index is 0.0649. The highest BCUT2D eigenvalue weighted by Crippen LogP contribution is 2.27. The zero-order valence-corrected chi connectivity index (χ0v) is 17.2. The Morgan fingerprint density at radius 3 is 2.28 bits per heavy atom. The van der Waals surface area contributed by atoms with Gasteiger partial charge >= 0.3 is 0 Å². The molecule has 0 aromatic rings. The number of hydrogen-bond donors (Lipinski definition) is 1. The number of hydrogen-bond acceptors (Lipinski definition) is 6. The monoisotopic (exact) mass is 406 g/mol. The molecule has 0 amide bonds. The van der Waals surface area contributed by atoms with Crippen LogP contribution in [-0.2, 0) is 0 Å². The number of nitrogens with zero attached hydrogens (tertiary/aromatic N) is 5. The Labute approximate surface area is 172 Å². The van der Waals surface area contributed by atoms with Crippen LogP contribution in [0.4, 0.5) is 8.78 Å². The van der Waals surface area contributed by atoms with Gasteiger partial charge in [0, 0.05) is 45.2 Å². The van der Waals surface area contributed by atoms with E-state index in [1.807, 2.05) is 12.1 Å². The third kappa shape index (κ3) is 6.04. The van der Waals surface area contributed by atoms with Crippen molar-refractivity contribution in [2.24, 2.45) is 0 Å². The molecule has 0 spiro atoms. The van der Waals surface area contributed by atoms with Gasteiger partial charge in [0.1, 0.15) is 18.0 Å². The summed E-state index contributed by atoms with van der Waals surface area (Å²) in [5.74, 6) is -1.95. The molecule has 0 saturated carbocycles. The third-order valence-electron chi connectivity index (χ3n) is 6.34. The summed E-state index contributed by atoms with van der Waals surface area (Å²) in [7, 11) is 0. The van der Waals surface area contributed by atoms with E-state index >= 15 is 0 Å². The average Bonchev–Trinajstić information content (AvgIpc) is 3.10. The van der Waals surface area contributed by atoms with Crippen molar-refractivity contribution in [1.82, 2.24) is 20.0 Å². The Morgan fingerprint density at radius 1 is 1.00 bits per heavy atom. The molecule has 3 aliphatic rings. The molecule has 6 nitrogen and oxygen atoms in total. The maximum atomic E-state index is 13.3. The zero-order chi connectivity index (χ0) is 20.7. The first-order valence-electron chi connectivity index (χ1n) is 10.9. The number of allylic oxidation sites excluding steroid dienone is 1. The predicted octanol–water partition coefficient (Wildman–Crippen LogP) is 2.52. The number of likely N-dealkylation sites (tertiary alicyclic amines) is 3. The van der Waals surface area contributed by atoms with Crippen LogP contribution in [0.25, 0.3) is 0 Å². The number of halogens is 2. The van der Waals surface area contributed by atoms with Crippen LogP contribution >= 0.6 is 0 Å². The van der Waals surface area contributed by atoms with Crippen LogP contribution in [0.1, 0.15) is 44.9 Å². The van der Waals surface area contributed by atoms with Crippen LogP contribution in [0.3, 0.4) is 0 Å². The third-order valence-corrected chi connectivity index (χ3v) is 6.34. The van der Waals surface area contributed by atoms with Crippen LogP contribution in [0.2, 0.25) is 0 Å². The summed E-state index contributed by atoms with van der Waals surface area (Å²) < 4.78 is 26.6. The van der Waals surface area contributed by atoms with Crippen LogP contribution in [0.5, 0.6) is 0 Å². The minimum atomic E-state index is -2.56. The molecular weight excluding hydrogens is 374 g/mol. The SMILES string of the molecule is N#CC(C#N)=C(NCCCN1CCC(F)(F)C1)N1CCC(N2CCCCC2)CC1. The fraction of sp³-hybridized carbons (Fsp3) is 0.810. The second-order valence-electron chi connectivity index (χ2n) is 8.42. The molecule has 29 heavy (non-hydrogen) atoms. The fourth-order valence-corrected chi connectivity index (χ4v) is 4.73. The molecule has 0 aromatic heterocycles. The van der Waals surface area contributed by atoms with Gasteiger partial charge in [-0.05, 0) is 45.2 Å². The number of nitriles is 2. The molecule has 0 bridgehead atoms. The number of rotatable bonds is 7. The fourth-order valence-electron chi connectivity index (χ4n) is 4.73. The van der Waals surface area contributed by atoms with Gasteiger partial charge in [-0.2, -0.15) is 10.5 Å². The van der Waals surface area contributed by atoms with Crippen molar-refractivity contribution in [2.45, 2.75) is 56.9 Å². The van der Waals surface area contributed by atoms with Crippen molar-refractivity contribution in [1.29, 1.82) is 10.5 Å². The summed E-state index contributed by atoms with van der Waals surface area (Å²) in [6.45, 7) is 5.45. The van der Waals surface area contributed by atoms with E-state index in [0.29, 0.717) is 37.9 Å². The average molecular weight is 407 g/mol. The minimum Gasteiger partial charge on any atom is -0.370 e. The van der Waals surface area contributed by atoms with Gasteiger partial charge < -0.3 is 15.1 Å². The molecule has 3 rings (SSSR count). The Bertz CT molecular complexity index is 635. The van der Waals surface area contributed by atoms with Crippen molar-refractivity contribution in [3.63, 3.8) is 0 Å². The van der Waals surface area contributed by atoms with Gasteiger partial charge in [0.25, 0.3) is 5.92 Å². The van der Waals surface area contributed by atoms with Crippen molar-refractivity contribution >= 4 is 0 Å². The summed E-state index contributed by atoms with van der Waals surface area (Å²) in [6.07, 6.45) is 6.61. The van der Waals surface area contributed by atoms with E-state index in [0.717, 1.165) is 25.9 Å². The van der Waals surface area contributed by atoms with Crippen molar-refractivity contribution in [3.05, 3.63) is 11.4 Å². The second-order valence-corrected chi connectivity index (χ2v) is 8.42. The quantitative estimate of drug-likeness (QED) is 0.518. The van der Waals surface area contributed by atoms with Gasteiger partial charge in [0.2, 0.25) is 0 Å². The lowest BCUT2D eigenvalue weighted by molar-refractivity contribution is 0.0122. The second kappa shape index (κ2) is 10.2. The number of alkyl halides is 2. The summed E-state index contributed by atoms with van der Waals surface area (Å²) >= 11 is 0. The molecule has 3 aliphatic heterocycles. The lowest BCUT2D eigenvalue weighted by Crippen LogP contribution is -2.48. The molecule has 0 aliphatic carbocycles. The highest BCUT2D eigenvalue weighted by atomic mass is 19.3. The molecule has 8 heteroatoms. The molecule has 160 valence electrons. The van der Waals surface area contributed by atoms with Gasteiger partial charge in [-0.25, -0.2) is 8.78 Å². The van der Waals surface area contributed by atoms with Gasteiger partial charge in [-0.15, -0.1) is 0 Å². The van der Waals surface area contributed by atoms with Crippen LogP contribution < -0.4 is 5.32 Å². The first-order valence-corrected chi connectivity index (χ1v) is 10.9. The lowest BCUT2D eigenvalue weighted by atomic mass is 9.99. The normalized spacial score (nSPS) is 23.4. The standard InChI is InChI=1S/C21H32F2N6/c22-21(23)7-14-27(17-21)9-4-8-26-20(18(15-24)16-25)29-12-5-19(6-13-29)28-10-2-1-3-11-28/h19,26H,1-14,17H2. The Kier molecular flexibility index (Phi) is 7.69. The summed E-state index contributed by atoms with van der Waals surface area (Å²) in [6, 6.07) is 4.62. The largest absolute Gasteiger partial charge is 0.370 e. The molecule has 0 radical (unpaired) electrons. The Hall–Kier alpha value is -1.90. The van der Waals surface area contributed by atoms with Crippen molar-refractivity contribution in [2.75, 3.05) is 52.4 Å². The van der Waals surface area contributed by atoms with Gasteiger partial charge in [0.15, 0.2) is 5.57 Å². The molecule has 3 saturated heterocycles. The van der Waals surface area contributed by atoms with E-state index in [-0.39, 0.29) is 18.5 Å². The molecule has 3 fully saturated rings. The predicted molar refractivity (Wildman–Crippen MR) is 107 cm³/mol. The molecule has 0 atom stereocenters. The summed E-state index contributed by atoms with van der Waals surface area (Å²) in [5.41, 5.74) is 0.106. The van der Waals surface area contributed by atoms with Crippen LogP contribution in [-0.4, -0.2) is 79.0 Å². The summed E-state index contributed by atoms with van der Waals surface area (Å²) in [4.78, 5) is 6.50. The molecule has 3 heterocycles. The van der Waals surface area contributed by atoms with Crippen LogP contribution in [0.15, 0.2) is 11.4 Å². The van der Waals surface area contributed by atoms with E-state index in [2.05, 4.69) is 15.1 Å². The topological polar surface area (TPSA) is 69.3 Å². The molecular formula is C21H32F2N6. The number of piperidine rings is 2. The molecule has 0 unspecified atom stereocenters. The molecule has 1 N–H and O–H groups in total. The first kappa shape index (κ1) is 21.8.